The second-order valence-electron chi connectivity index (χ2n) is 7.92. The third-order valence-corrected chi connectivity index (χ3v) is 4.82. The van der Waals surface area contributed by atoms with Gasteiger partial charge in [-0.1, -0.05) is 47.4 Å². The van der Waals surface area contributed by atoms with Crippen molar-refractivity contribution in [2.45, 2.75) is 73.0 Å². The van der Waals surface area contributed by atoms with E-state index in [1.54, 1.807) is 0 Å². The molecule has 17 heavy (non-hydrogen) atoms. The molecule has 1 aliphatic rings. The Labute approximate surface area is 110 Å². The fourth-order valence-corrected chi connectivity index (χ4v) is 3.21. The molecule has 1 rings (SSSR count). The second-order valence-corrected chi connectivity index (χ2v) is 7.92. The monoisotopic (exact) mass is 236 g/mol. The van der Waals surface area contributed by atoms with Gasteiger partial charge in [-0.3, -0.25) is 0 Å². The summed E-state index contributed by atoms with van der Waals surface area (Å²) in [6.07, 6.45) is 8.69. The van der Waals surface area contributed by atoms with Crippen LogP contribution in [0, 0.1) is 29.1 Å². The molecule has 0 nitrogen and oxygen atoms in total. The van der Waals surface area contributed by atoms with E-state index in [2.05, 4.69) is 42.5 Å². The molecule has 100 valence electrons. The lowest BCUT2D eigenvalue weighted by Gasteiger charge is -2.40. The predicted molar refractivity (Wildman–Crippen MR) is 81.2 cm³/mol. The van der Waals surface area contributed by atoms with Crippen LogP contribution in [0.15, 0.2) is 0 Å². The van der Waals surface area contributed by atoms with Crippen molar-refractivity contribution in [2.24, 2.45) is 29.1 Å². The zero-order valence-electron chi connectivity index (χ0n) is 13.1. The van der Waals surface area contributed by atoms with E-state index in [0.29, 0.717) is 5.41 Å². The van der Waals surface area contributed by atoms with Crippen LogP contribution in [0.3, 0.4) is 0 Å². The third-order valence-electron chi connectivity index (χ3n) is 4.82. The van der Waals surface area contributed by atoms with Gasteiger partial charge in [-0.15, -0.1) is 0 Å². The van der Waals surface area contributed by atoms with Crippen LogP contribution in [0.4, 0.5) is 0 Å². The van der Waals surface area contributed by atoms with E-state index in [1.807, 2.05) is 0 Å². The highest BCUT2D eigenvalue weighted by Crippen LogP contribution is 2.42. The van der Waals surface area contributed by atoms with Crippen molar-refractivity contribution >= 4 is 7.85 Å². The molecule has 0 saturated heterocycles. The molecule has 0 aromatic heterocycles. The fraction of sp³-hybridized carbons (Fsp3) is 1.00. The molecular weight excluding hydrogens is 203 g/mol. The standard InChI is InChI=1S/C16H33B/c1-12(6-7-16(3,4)5)8-13(2)15-9-14(10-15)11-17/h12-15H,6-11,17H2,1-5H3. The molecule has 0 bridgehead atoms. The summed E-state index contributed by atoms with van der Waals surface area (Å²) in [7, 11) is 2.34. The summed E-state index contributed by atoms with van der Waals surface area (Å²) in [4.78, 5) is 0. The maximum Gasteiger partial charge on any atom is 0.101 e. The van der Waals surface area contributed by atoms with Gasteiger partial charge >= 0.3 is 0 Å². The highest BCUT2D eigenvalue weighted by Gasteiger charge is 2.32. The van der Waals surface area contributed by atoms with Crippen LogP contribution in [-0.4, -0.2) is 7.85 Å². The van der Waals surface area contributed by atoms with Gasteiger partial charge < -0.3 is 0 Å². The quantitative estimate of drug-likeness (QED) is 0.593. The van der Waals surface area contributed by atoms with Gasteiger partial charge in [0.15, 0.2) is 0 Å². The minimum Gasteiger partial charge on any atom is -0.0783 e. The maximum atomic E-state index is 2.49. The molecule has 2 unspecified atom stereocenters. The number of hydrogen-bond acceptors (Lipinski definition) is 0. The molecule has 0 spiro atoms. The molecule has 0 aromatic rings. The average molecular weight is 236 g/mol. The molecule has 1 saturated carbocycles. The van der Waals surface area contributed by atoms with E-state index >= 15 is 0 Å². The summed E-state index contributed by atoms with van der Waals surface area (Å²) in [6.45, 7) is 12.0. The highest BCUT2D eigenvalue weighted by molar-refractivity contribution is 6.08. The smallest absolute Gasteiger partial charge is 0.0783 e. The summed E-state index contributed by atoms with van der Waals surface area (Å²) >= 11 is 0. The Bertz CT molecular complexity index is 210. The van der Waals surface area contributed by atoms with Gasteiger partial charge in [0.1, 0.15) is 7.85 Å². The van der Waals surface area contributed by atoms with Crippen LogP contribution in [0.1, 0.15) is 66.7 Å². The minimum absolute atomic E-state index is 0.515. The third kappa shape index (κ3) is 5.49. The Balaban J connectivity index is 2.16. The van der Waals surface area contributed by atoms with Crippen molar-refractivity contribution < 1.29 is 0 Å². The molecule has 0 amide bonds. The largest absolute Gasteiger partial charge is 0.101 e. The summed E-state index contributed by atoms with van der Waals surface area (Å²) in [6, 6.07) is 0. The van der Waals surface area contributed by atoms with Crippen LogP contribution >= 0.6 is 0 Å². The van der Waals surface area contributed by atoms with Gasteiger partial charge in [0.05, 0.1) is 0 Å². The lowest BCUT2D eigenvalue weighted by atomic mass is 9.63. The van der Waals surface area contributed by atoms with Gasteiger partial charge in [-0.25, -0.2) is 0 Å². The first-order valence-corrected chi connectivity index (χ1v) is 7.81. The van der Waals surface area contributed by atoms with Gasteiger partial charge in [0.2, 0.25) is 0 Å². The topological polar surface area (TPSA) is 0 Å². The summed E-state index contributed by atoms with van der Waals surface area (Å²) in [5.74, 6) is 4.00. The van der Waals surface area contributed by atoms with Crippen molar-refractivity contribution in [3.63, 3.8) is 0 Å². The van der Waals surface area contributed by atoms with Crippen molar-refractivity contribution in [1.29, 1.82) is 0 Å². The SMILES string of the molecule is BCC1CC(C(C)CC(C)CCC(C)(C)C)C1. The summed E-state index contributed by atoms with van der Waals surface area (Å²) in [5.41, 5.74) is 0.515. The maximum absolute atomic E-state index is 2.49. The van der Waals surface area contributed by atoms with Crippen LogP contribution in [0.2, 0.25) is 6.32 Å². The van der Waals surface area contributed by atoms with Crippen LogP contribution in [0.5, 0.6) is 0 Å². The average Bonchev–Trinajstić information content (AvgIpc) is 2.12. The lowest BCUT2D eigenvalue weighted by Crippen LogP contribution is -2.29. The zero-order chi connectivity index (χ0) is 13.1. The second kappa shape index (κ2) is 6.30. The van der Waals surface area contributed by atoms with Gasteiger partial charge in [0.25, 0.3) is 0 Å². The van der Waals surface area contributed by atoms with E-state index in [0.717, 1.165) is 23.7 Å². The molecule has 0 radical (unpaired) electrons. The summed E-state index contributed by atoms with van der Waals surface area (Å²) in [5, 5.41) is 0. The Morgan fingerprint density at radius 3 is 2.24 bits per heavy atom. The first kappa shape index (κ1) is 15.1. The van der Waals surface area contributed by atoms with Gasteiger partial charge in [-0.05, 0) is 54.8 Å². The van der Waals surface area contributed by atoms with E-state index < -0.39 is 0 Å². The molecule has 0 N–H and O–H groups in total. The van der Waals surface area contributed by atoms with Crippen LogP contribution in [0.25, 0.3) is 0 Å². The first-order chi connectivity index (χ1) is 7.81. The Hall–Kier alpha value is 0.0649. The van der Waals surface area contributed by atoms with Crippen LogP contribution < -0.4 is 0 Å². The predicted octanol–water partition coefficient (Wildman–Crippen LogP) is 4.55. The zero-order valence-corrected chi connectivity index (χ0v) is 13.1. The molecule has 1 aliphatic carbocycles. The molecule has 1 heteroatoms. The number of hydrogen-bond donors (Lipinski definition) is 0. The van der Waals surface area contributed by atoms with Crippen LogP contribution in [-0.2, 0) is 0 Å². The van der Waals surface area contributed by atoms with Gasteiger partial charge in [0, 0.05) is 0 Å². The molecule has 0 heterocycles. The van der Waals surface area contributed by atoms with Crippen molar-refractivity contribution in [2.75, 3.05) is 0 Å². The molecule has 1 fully saturated rings. The Morgan fingerprint density at radius 2 is 1.76 bits per heavy atom. The molecule has 0 aliphatic heterocycles. The molecular formula is C16H33B. The minimum atomic E-state index is 0.515. The Morgan fingerprint density at radius 1 is 1.18 bits per heavy atom. The first-order valence-electron chi connectivity index (χ1n) is 7.81. The van der Waals surface area contributed by atoms with Crippen molar-refractivity contribution in [3.8, 4) is 0 Å². The molecule has 0 aromatic carbocycles. The van der Waals surface area contributed by atoms with E-state index in [4.69, 9.17) is 0 Å². The van der Waals surface area contributed by atoms with E-state index in [-0.39, 0.29) is 0 Å². The van der Waals surface area contributed by atoms with E-state index in [9.17, 15) is 0 Å². The van der Waals surface area contributed by atoms with Crippen molar-refractivity contribution in [1.82, 2.24) is 0 Å². The number of rotatable bonds is 6. The fourth-order valence-electron chi connectivity index (χ4n) is 3.21. The highest BCUT2D eigenvalue weighted by atomic mass is 14.4. The normalized spacial score (nSPS) is 28.5. The lowest BCUT2D eigenvalue weighted by molar-refractivity contribution is 0.127. The van der Waals surface area contributed by atoms with Gasteiger partial charge in [-0.2, -0.15) is 0 Å². The Kier molecular flexibility index (Phi) is 5.60. The van der Waals surface area contributed by atoms with E-state index in [1.165, 1.54) is 38.4 Å². The summed E-state index contributed by atoms with van der Waals surface area (Å²) < 4.78 is 0. The van der Waals surface area contributed by atoms with Crippen molar-refractivity contribution in [3.05, 3.63) is 0 Å². The molecule has 2 atom stereocenters.